The molecule has 0 atom stereocenters. The monoisotopic (exact) mass is 331 g/mol. The van der Waals surface area contributed by atoms with Crippen LogP contribution in [0.1, 0.15) is 32.8 Å². The van der Waals surface area contributed by atoms with Gasteiger partial charge in [-0.3, -0.25) is 9.59 Å². The van der Waals surface area contributed by atoms with Crippen molar-refractivity contribution in [2.45, 2.75) is 34.1 Å². The Bertz CT molecular complexity index is 580. The first-order chi connectivity index (χ1) is 11.4. The van der Waals surface area contributed by atoms with Crippen LogP contribution in [0.25, 0.3) is 0 Å². The highest BCUT2D eigenvalue weighted by molar-refractivity contribution is 5.93. The highest BCUT2D eigenvalue weighted by Gasteiger charge is 2.16. The highest BCUT2D eigenvalue weighted by atomic mass is 16.2. The molecule has 0 aromatic heterocycles. The van der Waals surface area contributed by atoms with E-state index >= 15 is 0 Å². The fraction of sp³-hybridized carbons (Fsp3) is 0.474. The molecule has 1 rings (SSSR count). The Morgan fingerprint density at radius 2 is 1.92 bits per heavy atom. The second-order valence-corrected chi connectivity index (χ2v) is 5.66. The summed E-state index contributed by atoms with van der Waals surface area (Å²) < 4.78 is 0. The number of hydrogen-bond acceptors (Lipinski definition) is 3. The normalized spacial score (nSPS) is 10.2. The van der Waals surface area contributed by atoms with Gasteiger partial charge in [0.1, 0.15) is 0 Å². The van der Waals surface area contributed by atoms with Crippen LogP contribution in [0.2, 0.25) is 0 Å². The summed E-state index contributed by atoms with van der Waals surface area (Å²) in [5.74, 6) is -0.149. The minimum atomic E-state index is -0.0847. The van der Waals surface area contributed by atoms with Gasteiger partial charge in [0.05, 0.1) is 0 Å². The maximum Gasteiger partial charge on any atom is 0.223 e. The average molecular weight is 331 g/mol. The zero-order valence-electron chi connectivity index (χ0n) is 15.3. The van der Waals surface area contributed by atoms with E-state index in [9.17, 15) is 9.59 Å². The number of carbonyl (C=O) groups is 2. The zero-order chi connectivity index (χ0) is 18.1. The van der Waals surface area contributed by atoms with E-state index in [1.165, 1.54) is 6.92 Å². The standard InChI is InChI=1S/C19H29N3O2/c1-6-12-20-19(24)11-13-22(16(5)23)18-10-9-17(14-15(18)4)21(7-2)8-3/h6,9-10,14H,1,7-8,11-13H2,2-5H3,(H,20,24). The van der Waals surface area contributed by atoms with Gasteiger partial charge in [0.2, 0.25) is 11.8 Å². The minimum Gasteiger partial charge on any atom is -0.372 e. The molecule has 5 heteroatoms. The Labute approximate surface area is 145 Å². The fourth-order valence-corrected chi connectivity index (χ4v) is 2.66. The molecule has 1 aromatic carbocycles. The molecule has 0 aliphatic heterocycles. The van der Waals surface area contributed by atoms with Crippen LogP contribution in [-0.2, 0) is 9.59 Å². The average Bonchev–Trinajstić information content (AvgIpc) is 2.55. The first-order valence-corrected chi connectivity index (χ1v) is 8.45. The third-order valence-electron chi connectivity index (χ3n) is 3.99. The van der Waals surface area contributed by atoms with Crippen molar-refractivity contribution >= 4 is 23.2 Å². The van der Waals surface area contributed by atoms with Gasteiger partial charge in [-0.25, -0.2) is 0 Å². The molecule has 0 saturated carbocycles. The molecule has 0 unspecified atom stereocenters. The summed E-state index contributed by atoms with van der Waals surface area (Å²) in [6, 6.07) is 6.09. The van der Waals surface area contributed by atoms with Crippen molar-refractivity contribution in [3.8, 4) is 0 Å². The topological polar surface area (TPSA) is 52.7 Å². The lowest BCUT2D eigenvalue weighted by molar-refractivity contribution is -0.120. The van der Waals surface area contributed by atoms with Crippen molar-refractivity contribution in [2.24, 2.45) is 0 Å². The van der Waals surface area contributed by atoms with Crippen LogP contribution < -0.4 is 15.1 Å². The molecular weight excluding hydrogens is 302 g/mol. The Balaban J connectivity index is 2.90. The molecule has 0 aliphatic carbocycles. The smallest absolute Gasteiger partial charge is 0.223 e. The van der Waals surface area contributed by atoms with E-state index in [4.69, 9.17) is 0 Å². The van der Waals surface area contributed by atoms with Crippen LogP contribution in [-0.4, -0.2) is 38.0 Å². The van der Waals surface area contributed by atoms with E-state index in [2.05, 4.69) is 36.7 Å². The molecule has 0 fully saturated rings. The molecule has 5 nitrogen and oxygen atoms in total. The molecule has 24 heavy (non-hydrogen) atoms. The van der Waals surface area contributed by atoms with E-state index in [-0.39, 0.29) is 18.2 Å². The van der Waals surface area contributed by atoms with Gasteiger partial charge in [-0.05, 0) is 44.5 Å². The van der Waals surface area contributed by atoms with Gasteiger partial charge in [0.15, 0.2) is 0 Å². The first kappa shape index (κ1) is 19.7. The van der Waals surface area contributed by atoms with Crippen LogP contribution in [0.15, 0.2) is 30.9 Å². The number of anilines is 2. The predicted octanol–water partition coefficient (Wildman–Crippen LogP) is 2.89. The summed E-state index contributed by atoms with van der Waals surface area (Å²) in [6.07, 6.45) is 1.90. The van der Waals surface area contributed by atoms with Crippen LogP contribution in [0, 0.1) is 6.92 Å². The second kappa shape index (κ2) is 9.75. The van der Waals surface area contributed by atoms with Crippen LogP contribution in [0.5, 0.6) is 0 Å². The van der Waals surface area contributed by atoms with Crippen molar-refractivity contribution in [1.82, 2.24) is 5.32 Å². The number of hydrogen-bond donors (Lipinski definition) is 1. The van der Waals surface area contributed by atoms with Gasteiger partial charge >= 0.3 is 0 Å². The molecule has 2 amide bonds. The second-order valence-electron chi connectivity index (χ2n) is 5.66. The lowest BCUT2D eigenvalue weighted by Crippen LogP contribution is -2.34. The Morgan fingerprint density at radius 3 is 2.42 bits per heavy atom. The lowest BCUT2D eigenvalue weighted by Gasteiger charge is -2.26. The molecule has 0 bridgehead atoms. The van der Waals surface area contributed by atoms with Gasteiger partial charge in [-0.2, -0.15) is 0 Å². The Morgan fingerprint density at radius 1 is 1.25 bits per heavy atom. The quantitative estimate of drug-likeness (QED) is 0.708. The number of amides is 2. The van der Waals surface area contributed by atoms with Gasteiger partial charge < -0.3 is 15.1 Å². The zero-order valence-corrected chi connectivity index (χ0v) is 15.3. The molecule has 0 saturated heterocycles. The summed E-state index contributed by atoms with van der Waals surface area (Å²) in [4.78, 5) is 27.7. The predicted molar refractivity (Wildman–Crippen MR) is 101 cm³/mol. The van der Waals surface area contributed by atoms with E-state index in [1.54, 1.807) is 11.0 Å². The SMILES string of the molecule is C=CCNC(=O)CCN(C(C)=O)c1ccc(N(CC)CC)cc1C. The maximum absolute atomic E-state index is 12.0. The van der Waals surface area contributed by atoms with Crippen molar-refractivity contribution in [3.63, 3.8) is 0 Å². The van der Waals surface area contributed by atoms with Crippen LogP contribution in [0.3, 0.4) is 0 Å². The van der Waals surface area contributed by atoms with E-state index < -0.39 is 0 Å². The number of benzene rings is 1. The number of rotatable bonds is 9. The molecule has 132 valence electrons. The largest absolute Gasteiger partial charge is 0.372 e. The molecular formula is C19H29N3O2. The molecule has 0 spiro atoms. The summed E-state index contributed by atoms with van der Waals surface area (Å²) in [5.41, 5.74) is 3.03. The van der Waals surface area contributed by atoms with E-state index in [0.717, 1.165) is 30.0 Å². The van der Waals surface area contributed by atoms with Crippen LogP contribution >= 0.6 is 0 Å². The summed E-state index contributed by atoms with van der Waals surface area (Å²) in [5, 5.41) is 2.73. The van der Waals surface area contributed by atoms with Gasteiger partial charge in [0, 0.05) is 50.9 Å². The molecule has 0 aliphatic rings. The fourth-order valence-electron chi connectivity index (χ4n) is 2.66. The summed E-state index contributed by atoms with van der Waals surface area (Å²) >= 11 is 0. The first-order valence-electron chi connectivity index (χ1n) is 8.45. The summed E-state index contributed by atoms with van der Waals surface area (Å²) in [6.45, 7) is 14.0. The minimum absolute atomic E-state index is 0.0646. The maximum atomic E-state index is 12.0. The third-order valence-corrected chi connectivity index (χ3v) is 3.99. The van der Waals surface area contributed by atoms with Gasteiger partial charge in [0.25, 0.3) is 0 Å². The molecule has 0 heterocycles. The van der Waals surface area contributed by atoms with E-state index in [0.29, 0.717) is 13.1 Å². The van der Waals surface area contributed by atoms with E-state index in [1.807, 2.05) is 19.1 Å². The van der Waals surface area contributed by atoms with Crippen molar-refractivity contribution in [3.05, 3.63) is 36.4 Å². The van der Waals surface area contributed by atoms with Crippen molar-refractivity contribution in [2.75, 3.05) is 36.0 Å². The van der Waals surface area contributed by atoms with Crippen molar-refractivity contribution < 1.29 is 9.59 Å². The summed E-state index contributed by atoms with van der Waals surface area (Å²) in [7, 11) is 0. The van der Waals surface area contributed by atoms with Crippen LogP contribution in [0.4, 0.5) is 11.4 Å². The number of carbonyl (C=O) groups excluding carboxylic acids is 2. The molecule has 0 radical (unpaired) electrons. The Hall–Kier alpha value is -2.30. The lowest BCUT2D eigenvalue weighted by atomic mass is 10.1. The number of aryl methyl sites for hydroxylation is 1. The number of nitrogens with one attached hydrogen (secondary N) is 1. The van der Waals surface area contributed by atoms with Gasteiger partial charge in [-0.1, -0.05) is 6.08 Å². The molecule has 1 N–H and O–H groups in total. The molecule has 1 aromatic rings. The highest BCUT2D eigenvalue weighted by Crippen LogP contribution is 2.26. The van der Waals surface area contributed by atoms with Crippen molar-refractivity contribution in [1.29, 1.82) is 0 Å². The number of nitrogens with zero attached hydrogens (tertiary/aromatic N) is 2. The van der Waals surface area contributed by atoms with Gasteiger partial charge in [-0.15, -0.1) is 6.58 Å². The Kier molecular flexibility index (Phi) is 8.02. The third kappa shape index (κ3) is 5.41.